The second kappa shape index (κ2) is 12.7. The van der Waals surface area contributed by atoms with E-state index in [-0.39, 0.29) is 5.78 Å². The average molecular weight is 511 g/mol. The molecule has 8 heteroatoms. The number of carbonyl (C=O) groups excluding carboxylic acids is 1. The first-order valence-electron chi connectivity index (χ1n) is 14.7. The molecule has 2 aromatic rings. The van der Waals surface area contributed by atoms with E-state index in [9.17, 15) is 4.79 Å². The van der Waals surface area contributed by atoms with Crippen LogP contribution in [0.25, 0.3) is 11.0 Å². The van der Waals surface area contributed by atoms with E-state index in [1.807, 2.05) is 14.2 Å². The molecule has 204 valence electrons. The molecule has 8 nitrogen and oxygen atoms in total. The second-order valence-corrected chi connectivity index (χ2v) is 11.5. The Bertz CT molecular complexity index is 1020. The molecule has 3 aliphatic heterocycles. The summed E-state index contributed by atoms with van der Waals surface area (Å²) >= 11 is 0. The molecule has 37 heavy (non-hydrogen) atoms. The number of aromatic nitrogens is 3. The van der Waals surface area contributed by atoms with Gasteiger partial charge in [0.2, 0.25) is 0 Å². The molecule has 5 rings (SSSR count). The van der Waals surface area contributed by atoms with Gasteiger partial charge in [-0.25, -0.2) is 9.67 Å². The molecule has 1 atom stereocenters. The Morgan fingerprint density at radius 2 is 1.70 bits per heavy atom. The minimum absolute atomic E-state index is 0.170. The Balaban J connectivity index is 1.13. The third-order valence-electron chi connectivity index (χ3n) is 8.86. The number of hydrogen-bond acceptors (Lipinski definition) is 7. The fourth-order valence-electron chi connectivity index (χ4n) is 6.58. The highest BCUT2D eigenvalue weighted by Gasteiger charge is 2.27. The van der Waals surface area contributed by atoms with Gasteiger partial charge in [-0.3, -0.25) is 9.69 Å². The zero-order valence-corrected chi connectivity index (χ0v) is 23.0. The molecule has 5 heterocycles. The van der Waals surface area contributed by atoms with Crippen LogP contribution in [-0.4, -0.2) is 95.9 Å². The second-order valence-electron chi connectivity index (χ2n) is 11.5. The van der Waals surface area contributed by atoms with Crippen molar-refractivity contribution in [1.29, 1.82) is 0 Å². The molecule has 0 spiro atoms. The van der Waals surface area contributed by atoms with Gasteiger partial charge in [0.25, 0.3) is 0 Å². The van der Waals surface area contributed by atoms with Crippen LogP contribution < -0.4 is 4.90 Å². The minimum atomic E-state index is 0.170. The van der Waals surface area contributed by atoms with Crippen molar-refractivity contribution >= 4 is 22.6 Å². The van der Waals surface area contributed by atoms with Crippen molar-refractivity contribution in [3.05, 3.63) is 17.8 Å². The molecular weight excluding hydrogens is 464 g/mol. The molecule has 0 aromatic carbocycles. The largest absolute Gasteiger partial charge is 0.383 e. The maximum Gasteiger partial charge on any atom is 0.184 e. The molecule has 2 aromatic heterocycles. The lowest BCUT2D eigenvalue weighted by molar-refractivity contribution is 0.0534. The first-order chi connectivity index (χ1) is 18.1. The molecule has 0 amide bonds. The van der Waals surface area contributed by atoms with Crippen LogP contribution in [0.15, 0.2) is 12.1 Å². The number of pyridine rings is 1. The molecule has 3 aliphatic rings. The predicted molar refractivity (Wildman–Crippen MR) is 148 cm³/mol. The number of Topliss-reactive ketones (excluding diaryl/α,β-unsaturated/α-hetero) is 1. The summed E-state index contributed by atoms with van der Waals surface area (Å²) in [5.41, 5.74) is 1.42. The summed E-state index contributed by atoms with van der Waals surface area (Å²) in [4.78, 5) is 25.9. The van der Waals surface area contributed by atoms with Gasteiger partial charge in [0.15, 0.2) is 11.4 Å². The Labute approximate surface area is 222 Å². The lowest BCUT2D eigenvalue weighted by Gasteiger charge is -2.38. The SMILES string of the molecule is COCC1CCCCN1CCN1CCC(CC(=O)c2nn(C)c3nc(N4CCCCCC4)ccc23)CC1. The Morgan fingerprint density at radius 3 is 2.46 bits per heavy atom. The van der Waals surface area contributed by atoms with Crippen molar-refractivity contribution in [2.24, 2.45) is 13.0 Å². The van der Waals surface area contributed by atoms with E-state index in [0.717, 1.165) is 75.6 Å². The number of hydrogen-bond donors (Lipinski definition) is 0. The zero-order valence-electron chi connectivity index (χ0n) is 23.0. The summed E-state index contributed by atoms with van der Waals surface area (Å²) in [7, 11) is 3.73. The van der Waals surface area contributed by atoms with Gasteiger partial charge in [-0.15, -0.1) is 0 Å². The number of likely N-dealkylation sites (tertiary alicyclic amines) is 2. The van der Waals surface area contributed by atoms with Gasteiger partial charge in [-0.2, -0.15) is 5.10 Å². The number of nitrogens with zero attached hydrogens (tertiary/aromatic N) is 6. The molecule has 3 saturated heterocycles. The molecule has 0 N–H and O–H groups in total. The number of fused-ring (bicyclic) bond motifs is 1. The van der Waals surface area contributed by atoms with Crippen LogP contribution in [0.4, 0.5) is 5.82 Å². The van der Waals surface area contributed by atoms with Gasteiger partial charge in [-0.1, -0.05) is 19.3 Å². The van der Waals surface area contributed by atoms with Crippen LogP contribution in [0.1, 0.15) is 74.7 Å². The van der Waals surface area contributed by atoms with Gasteiger partial charge in [0.1, 0.15) is 11.5 Å². The number of ether oxygens (including phenoxy) is 1. The number of methoxy groups -OCH3 is 1. The van der Waals surface area contributed by atoms with Gasteiger partial charge in [-0.05, 0) is 76.2 Å². The fraction of sp³-hybridized carbons (Fsp3) is 0.759. The van der Waals surface area contributed by atoms with E-state index in [1.54, 1.807) is 4.68 Å². The number of aryl methyl sites for hydroxylation is 1. The minimum Gasteiger partial charge on any atom is -0.383 e. The molecule has 0 saturated carbocycles. The smallest absolute Gasteiger partial charge is 0.184 e. The molecule has 1 unspecified atom stereocenters. The van der Waals surface area contributed by atoms with Crippen molar-refractivity contribution in [2.45, 2.75) is 70.3 Å². The Hall–Kier alpha value is -2.03. The molecule has 3 fully saturated rings. The average Bonchev–Trinajstić information content (AvgIpc) is 3.07. The third kappa shape index (κ3) is 6.52. The van der Waals surface area contributed by atoms with E-state index < -0.39 is 0 Å². The number of carbonyl (C=O) groups is 1. The molecule has 0 radical (unpaired) electrons. The lowest BCUT2D eigenvalue weighted by atomic mass is 9.90. The maximum absolute atomic E-state index is 13.3. The highest BCUT2D eigenvalue weighted by molar-refractivity contribution is 6.05. The predicted octanol–water partition coefficient (Wildman–Crippen LogP) is 4.13. The zero-order chi connectivity index (χ0) is 25.6. The summed E-state index contributed by atoms with van der Waals surface area (Å²) in [6.07, 6.45) is 11.7. The summed E-state index contributed by atoms with van der Waals surface area (Å²) in [6, 6.07) is 4.74. The molecule has 0 aliphatic carbocycles. The normalized spacial score (nSPS) is 23.0. The summed E-state index contributed by atoms with van der Waals surface area (Å²) in [5.74, 6) is 1.63. The third-order valence-corrected chi connectivity index (χ3v) is 8.86. The van der Waals surface area contributed by atoms with Gasteiger partial charge >= 0.3 is 0 Å². The number of anilines is 1. The van der Waals surface area contributed by atoms with E-state index in [4.69, 9.17) is 9.72 Å². The van der Waals surface area contributed by atoms with Crippen LogP contribution in [0, 0.1) is 5.92 Å². The summed E-state index contributed by atoms with van der Waals surface area (Å²) < 4.78 is 7.25. The summed E-state index contributed by atoms with van der Waals surface area (Å²) in [5, 5.41) is 5.54. The van der Waals surface area contributed by atoms with Crippen molar-refractivity contribution in [3.8, 4) is 0 Å². The van der Waals surface area contributed by atoms with Crippen LogP contribution in [0.3, 0.4) is 0 Å². The van der Waals surface area contributed by atoms with Crippen molar-refractivity contribution in [1.82, 2.24) is 24.6 Å². The topological polar surface area (TPSA) is 66.7 Å². The van der Waals surface area contributed by atoms with Gasteiger partial charge in [0.05, 0.1) is 12.0 Å². The van der Waals surface area contributed by atoms with Crippen LogP contribution >= 0.6 is 0 Å². The van der Waals surface area contributed by atoms with Gasteiger partial charge in [0, 0.05) is 52.8 Å². The van der Waals surface area contributed by atoms with Crippen LogP contribution in [-0.2, 0) is 11.8 Å². The first kappa shape index (κ1) is 26.6. The lowest BCUT2D eigenvalue weighted by Crippen LogP contribution is -2.47. The van der Waals surface area contributed by atoms with Gasteiger partial charge < -0.3 is 14.5 Å². The van der Waals surface area contributed by atoms with Crippen molar-refractivity contribution in [2.75, 3.05) is 64.4 Å². The van der Waals surface area contributed by atoms with Crippen molar-refractivity contribution < 1.29 is 9.53 Å². The van der Waals surface area contributed by atoms with E-state index in [1.165, 1.54) is 51.5 Å². The fourth-order valence-corrected chi connectivity index (χ4v) is 6.58. The highest BCUT2D eigenvalue weighted by atomic mass is 16.5. The number of rotatable bonds is 9. The highest BCUT2D eigenvalue weighted by Crippen LogP contribution is 2.27. The van der Waals surface area contributed by atoms with E-state index in [0.29, 0.717) is 24.1 Å². The monoisotopic (exact) mass is 510 g/mol. The maximum atomic E-state index is 13.3. The van der Waals surface area contributed by atoms with Crippen LogP contribution in [0.2, 0.25) is 0 Å². The van der Waals surface area contributed by atoms with Crippen LogP contribution in [0.5, 0.6) is 0 Å². The Morgan fingerprint density at radius 1 is 0.946 bits per heavy atom. The van der Waals surface area contributed by atoms with E-state index >= 15 is 0 Å². The standard InChI is InChI=1S/C29H46N6O2/c1-32-29-25(10-11-27(30-29)35-15-6-3-4-7-16-35)28(31-32)26(36)21-23-12-17-33(18-13-23)19-20-34-14-8-5-9-24(34)22-37-2/h10-11,23-24H,3-9,12-22H2,1-2H3. The number of ketones is 1. The molecule has 0 bridgehead atoms. The Kier molecular flexibility index (Phi) is 9.10. The quantitative estimate of drug-likeness (QED) is 0.470. The number of piperidine rings is 2. The first-order valence-corrected chi connectivity index (χ1v) is 14.7. The van der Waals surface area contributed by atoms with E-state index in [2.05, 4.69) is 31.9 Å². The molecular formula is C29H46N6O2. The van der Waals surface area contributed by atoms with Crippen molar-refractivity contribution in [3.63, 3.8) is 0 Å². The summed E-state index contributed by atoms with van der Waals surface area (Å²) in [6.45, 7) is 8.60.